The average Bonchev–Trinajstić information content (AvgIpc) is 3.48. The number of hydrogen-bond acceptors (Lipinski definition) is 5. The van der Waals surface area contributed by atoms with Crippen LogP contribution in [0.2, 0.25) is 0 Å². The summed E-state index contributed by atoms with van der Waals surface area (Å²) in [5, 5.41) is 6.27. The highest BCUT2D eigenvalue weighted by atomic mass is 32.2. The van der Waals surface area contributed by atoms with E-state index in [-0.39, 0.29) is 40.0 Å². The standard InChI is InChI=1S/C27H26F3N5O3S/c1-4-17(12-31-2)27(36)32-7-8-39(37,38)25-16-35(24-11-21(28)10-23(30)26(24)25)15-19-6-5-18(9-22(19)29)20-13-33-34(3)14-20/h4-6,9-14,16H,7-8,15H2,1-3H3,(H,32,36)/b17-4+,31-12?. The van der Waals surface area contributed by atoms with Gasteiger partial charge in [0.15, 0.2) is 9.84 Å². The van der Waals surface area contributed by atoms with Crippen LogP contribution in [0.3, 0.4) is 0 Å². The van der Waals surface area contributed by atoms with Gasteiger partial charge in [-0.15, -0.1) is 0 Å². The van der Waals surface area contributed by atoms with Crippen molar-refractivity contribution in [3.63, 3.8) is 0 Å². The quantitative estimate of drug-likeness (QED) is 0.248. The normalized spacial score (nSPS) is 12.5. The summed E-state index contributed by atoms with van der Waals surface area (Å²) in [5.74, 6) is -3.59. The number of benzene rings is 2. The summed E-state index contributed by atoms with van der Waals surface area (Å²) in [4.78, 5) is 15.6. The fourth-order valence-electron chi connectivity index (χ4n) is 4.20. The number of rotatable bonds is 9. The van der Waals surface area contributed by atoms with Crippen molar-refractivity contribution >= 4 is 32.9 Å². The first-order valence-corrected chi connectivity index (χ1v) is 13.5. The molecule has 0 fully saturated rings. The number of carbonyl (C=O) groups excluding carboxylic acids is 1. The summed E-state index contributed by atoms with van der Waals surface area (Å²) in [6.45, 7) is 1.21. The number of fused-ring (bicyclic) bond motifs is 1. The Hall–Kier alpha value is -4.19. The van der Waals surface area contributed by atoms with Crippen molar-refractivity contribution in [3.05, 3.63) is 83.6 Å². The third kappa shape index (κ3) is 5.95. The number of aryl methyl sites for hydroxylation is 1. The molecule has 0 atom stereocenters. The smallest absolute Gasteiger partial charge is 0.252 e. The van der Waals surface area contributed by atoms with E-state index in [9.17, 15) is 22.0 Å². The van der Waals surface area contributed by atoms with Gasteiger partial charge in [-0.3, -0.25) is 14.5 Å². The molecule has 12 heteroatoms. The number of allylic oxidation sites excluding steroid dienone is 1. The Labute approximate surface area is 223 Å². The maximum absolute atomic E-state index is 15.1. The summed E-state index contributed by atoms with van der Waals surface area (Å²) >= 11 is 0. The van der Waals surface area contributed by atoms with E-state index in [1.165, 1.54) is 42.2 Å². The van der Waals surface area contributed by atoms with Crippen molar-refractivity contribution in [1.82, 2.24) is 19.7 Å². The van der Waals surface area contributed by atoms with E-state index in [4.69, 9.17) is 0 Å². The van der Waals surface area contributed by atoms with Crippen LogP contribution in [0.25, 0.3) is 22.0 Å². The van der Waals surface area contributed by atoms with Gasteiger partial charge in [-0.1, -0.05) is 18.2 Å². The maximum atomic E-state index is 15.1. The van der Waals surface area contributed by atoms with Crippen LogP contribution in [0, 0.1) is 17.5 Å². The summed E-state index contributed by atoms with van der Waals surface area (Å²) in [6.07, 6.45) is 7.35. The topological polar surface area (TPSA) is 98.3 Å². The Morgan fingerprint density at radius 1 is 1.10 bits per heavy atom. The van der Waals surface area contributed by atoms with Crippen molar-refractivity contribution in [2.45, 2.75) is 18.4 Å². The zero-order chi connectivity index (χ0) is 28.3. The molecule has 8 nitrogen and oxygen atoms in total. The lowest BCUT2D eigenvalue weighted by Crippen LogP contribution is -2.30. The number of aliphatic imine (C=N–C) groups is 1. The Morgan fingerprint density at radius 2 is 1.87 bits per heavy atom. The first-order chi connectivity index (χ1) is 18.5. The predicted molar refractivity (Wildman–Crippen MR) is 143 cm³/mol. The van der Waals surface area contributed by atoms with Crippen LogP contribution in [-0.2, 0) is 28.2 Å². The molecule has 0 saturated heterocycles. The zero-order valence-electron chi connectivity index (χ0n) is 21.5. The number of sulfone groups is 1. The predicted octanol–water partition coefficient (Wildman–Crippen LogP) is 4.04. The Balaban J connectivity index is 1.65. The van der Waals surface area contributed by atoms with Gasteiger partial charge >= 0.3 is 0 Å². The fourth-order valence-corrected chi connectivity index (χ4v) is 5.59. The molecular formula is C27H26F3N5O3S. The van der Waals surface area contributed by atoms with E-state index < -0.39 is 38.9 Å². The van der Waals surface area contributed by atoms with Gasteiger partial charge in [-0.05, 0) is 24.6 Å². The third-order valence-corrected chi connectivity index (χ3v) is 7.85. The van der Waals surface area contributed by atoms with Gasteiger partial charge < -0.3 is 9.88 Å². The lowest BCUT2D eigenvalue weighted by atomic mass is 10.1. The van der Waals surface area contributed by atoms with Gasteiger partial charge in [0.1, 0.15) is 17.5 Å². The number of nitrogens with one attached hydrogen (secondary N) is 1. The summed E-state index contributed by atoms with van der Waals surface area (Å²) in [7, 11) is -0.903. The minimum atomic E-state index is -4.14. The van der Waals surface area contributed by atoms with Gasteiger partial charge in [0.05, 0.1) is 39.9 Å². The molecule has 0 bridgehead atoms. The largest absolute Gasteiger partial charge is 0.351 e. The van der Waals surface area contributed by atoms with E-state index in [1.807, 2.05) is 0 Å². The molecular weight excluding hydrogens is 531 g/mol. The minimum absolute atomic E-state index is 0.0405. The molecule has 0 saturated carbocycles. The van der Waals surface area contributed by atoms with Gasteiger partial charge in [0.2, 0.25) is 0 Å². The second-order valence-electron chi connectivity index (χ2n) is 8.82. The van der Waals surface area contributed by atoms with E-state index in [0.717, 1.165) is 6.07 Å². The summed E-state index contributed by atoms with van der Waals surface area (Å²) in [6, 6.07) is 6.14. The summed E-state index contributed by atoms with van der Waals surface area (Å²) in [5.41, 5.74) is 1.71. The van der Waals surface area contributed by atoms with E-state index >= 15 is 4.39 Å². The Morgan fingerprint density at radius 3 is 2.51 bits per heavy atom. The zero-order valence-corrected chi connectivity index (χ0v) is 22.3. The van der Waals surface area contributed by atoms with Crippen LogP contribution in [0.15, 0.2) is 70.5 Å². The molecule has 1 N–H and O–H groups in total. The molecule has 0 aliphatic rings. The molecule has 0 spiro atoms. The summed E-state index contributed by atoms with van der Waals surface area (Å²) < 4.78 is 73.4. The SMILES string of the molecule is C/C=C(\C=NC)C(=O)NCCS(=O)(=O)c1cn(Cc2ccc(-c3cnn(C)c3)cc2F)c2cc(F)cc(F)c12. The van der Waals surface area contributed by atoms with Gasteiger partial charge in [-0.2, -0.15) is 5.10 Å². The number of hydrogen-bond donors (Lipinski definition) is 1. The number of nitrogens with zero attached hydrogens (tertiary/aromatic N) is 4. The second kappa shape index (κ2) is 11.3. The molecule has 4 aromatic rings. The molecule has 2 heterocycles. The lowest BCUT2D eigenvalue weighted by molar-refractivity contribution is -0.116. The monoisotopic (exact) mass is 557 g/mol. The van der Waals surface area contributed by atoms with Crippen LogP contribution >= 0.6 is 0 Å². The highest BCUT2D eigenvalue weighted by Gasteiger charge is 2.25. The van der Waals surface area contributed by atoms with Crippen LogP contribution in [-0.4, -0.2) is 54.2 Å². The first kappa shape index (κ1) is 27.8. The Kier molecular flexibility index (Phi) is 8.05. The maximum Gasteiger partial charge on any atom is 0.252 e. The number of halogens is 3. The van der Waals surface area contributed by atoms with E-state index in [2.05, 4.69) is 15.4 Å². The second-order valence-corrected chi connectivity index (χ2v) is 10.9. The molecule has 4 rings (SSSR count). The highest BCUT2D eigenvalue weighted by Crippen LogP contribution is 2.31. The van der Waals surface area contributed by atoms with Gasteiger partial charge in [-0.25, -0.2) is 21.6 Å². The van der Waals surface area contributed by atoms with Crippen LogP contribution in [0.1, 0.15) is 12.5 Å². The number of amides is 1. The minimum Gasteiger partial charge on any atom is -0.351 e. The molecule has 0 aliphatic carbocycles. The lowest BCUT2D eigenvalue weighted by Gasteiger charge is -2.08. The van der Waals surface area contributed by atoms with Crippen LogP contribution in [0.5, 0.6) is 0 Å². The van der Waals surface area contributed by atoms with Crippen molar-refractivity contribution in [3.8, 4) is 11.1 Å². The molecule has 0 unspecified atom stereocenters. The van der Waals surface area contributed by atoms with Crippen molar-refractivity contribution < 1.29 is 26.4 Å². The van der Waals surface area contributed by atoms with Crippen molar-refractivity contribution in [1.29, 1.82) is 0 Å². The molecule has 39 heavy (non-hydrogen) atoms. The van der Waals surface area contributed by atoms with Crippen molar-refractivity contribution in [2.75, 3.05) is 19.3 Å². The third-order valence-electron chi connectivity index (χ3n) is 6.13. The fraction of sp³-hybridized carbons (Fsp3) is 0.222. The molecule has 0 radical (unpaired) electrons. The van der Waals surface area contributed by atoms with E-state index in [0.29, 0.717) is 17.2 Å². The average molecular weight is 558 g/mol. The molecule has 2 aromatic carbocycles. The van der Waals surface area contributed by atoms with Crippen molar-refractivity contribution in [2.24, 2.45) is 12.0 Å². The first-order valence-electron chi connectivity index (χ1n) is 11.9. The van der Waals surface area contributed by atoms with Crippen LogP contribution < -0.4 is 5.32 Å². The molecule has 1 amide bonds. The van der Waals surface area contributed by atoms with Gasteiger partial charge in [0.25, 0.3) is 5.91 Å². The molecule has 2 aromatic heterocycles. The number of aromatic nitrogens is 3. The Bertz CT molecular complexity index is 1720. The molecule has 0 aliphatic heterocycles. The van der Waals surface area contributed by atoms with Gasteiger partial charge in [0, 0.05) is 56.4 Å². The highest BCUT2D eigenvalue weighted by molar-refractivity contribution is 7.91. The molecule has 204 valence electrons. The van der Waals surface area contributed by atoms with E-state index in [1.54, 1.807) is 37.1 Å². The number of carbonyl (C=O) groups is 1. The van der Waals surface area contributed by atoms with Crippen LogP contribution in [0.4, 0.5) is 13.2 Å².